The van der Waals surface area contributed by atoms with E-state index in [1.807, 2.05) is 11.0 Å². The van der Waals surface area contributed by atoms with Crippen LogP contribution >= 0.6 is 23.4 Å². The molecule has 1 saturated heterocycles. The van der Waals surface area contributed by atoms with Gasteiger partial charge in [-0.25, -0.2) is 8.42 Å². The number of halogens is 1. The second-order valence-electron chi connectivity index (χ2n) is 8.81. The molecule has 33 heavy (non-hydrogen) atoms. The van der Waals surface area contributed by atoms with Crippen LogP contribution in [-0.4, -0.2) is 61.2 Å². The van der Waals surface area contributed by atoms with Gasteiger partial charge in [-0.2, -0.15) is 0 Å². The van der Waals surface area contributed by atoms with Gasteiger partial charge in [-0.05, 0) is 60.2 Å². The van der Waals surface area contributed by atoms with Gasteiger partial charge < -0.3 is 9.80 Å². The molecule has 2 aromatic rings. The summed E-state index contributed by atoms with van der Waals surface area (Å²) >= 11 is 7.78. The number of carbonyl (C=O) groups is 1. The second-order valence-corrected chi connectivity index (χ2v) is 12.4. The van der Waals surface area contributed by atoms with Crippen molar-refractivity contribution in [1.29, 1.82) is 0 Å². The van der Waals surface area contributed by atoms with Gasteiger partial charge in [0.2, 0.25) is 5.91 Å². The Morgan fingerprint density at radius 1 is 1.09 bits per heavy atom. The van der Waals surface area contributed by atoms with Gasteiger partial charge >= 0.3 is 0 Å². The Labute approximate surface area is 203 Å². The molecule has 0 unspecified atom stereocenters. The first-order valence-corrected chi connectivity index (χ1v) is 14.1. The number of thioether (sulfide) groups is 1. The van der Waals surface area contributed by atoms with Crippen LogP contribution < -0.4 is 0 Å². The normalized spacial score (nSPS) is 19.1. The number of fused-ring (bicyclic) bond motifs is 2. The number of nitrogens with zero attached hydrogens (tertiary/aromatic N) is 3. The van der Waals surface area contributed by atoms with Gasteiger partial charge in [0, 0.05) is 42.2 Å². The molecule has 0 bridgehead atoms. The lowest BCUT2D eigenvalue weighted by Crippen LogP contribution is -2.39. The molecule has 3 aliphatic heterocycles. The van der Waals surface area contributed by atoms with Gasteiger partial charge in [0.1, 0.15) is 0 Å². The van der Waals surface area contributed by atoms with Crippen LogP contribution in [0.5, 0.6) is 0 Å². The van der Waals surface area contributed by atoms with Crippen molar-refractivity contribution in [3.8, 4) is 0 Å². The van der Waals surface area contributed by atoms with E-state index in [0.717, 1.165) is 48.3 Å². The first kappa shape index (κ1) is 22.7. The number of hydrogen-bond acceptors (Lipinski definition) is 6. The molecular formula is C24H26ClN3O3S2. The summed E-state index contributed by atoms with van der Waals surface area (Å²) in [7, 11) is -3.54. The van der Waals surface area contributed by atoms with Gasteiger partial charge in [0.25, 0.3) is 0 Å². The molecule has 174 valence electrons. The number of amidine groups is 1. The number of hydrogen-bond donors (Lipinski definition) is 0. The van der Waals surface area contributed by atoms with E-state index in [4.69, 9.17) is 11.6 Å². The van der Waals surface area contributed by atoms with Crippen LogP contribution in [0.3, 0.4) is 0 Å². The maximum absolute atomic E-state index is 12.8. The number of carbonyl (C=O) groups excluding carboxylic acids is 1. The van der Waals surface area contributed by atoms with Gasteiger partial charge in [-0.3, -0.25) is 9.79 Å². The predicted octanol–water partition coefficient (Wildman–Crippen LogP) is 4.55. The van der Waals surface area contributed by atoms with E-state index in [9.17, 15) is 13.2 Å². The van der Waals surface area contributed by atoms with Crippen molar-refractivity contribution in [3.05, 3.63) is 52.5 Å². The quantitative estimate of drug-likeness (QED) is 0.578. The zero-order chi connectivity index (χ0) is 23.0. The SMILES string of the molecule is O=C(CCS(=O)(=O)c1ccc2cc(Cl)ccc2c1)N1CCC(CC2=CN3CCN=C3S2)CC1. The Balaban J connectivity index is 1.12. The molecule has 3 heterocycles. The zero-order valence-corrected chi connectivity index (χ0v) is 20.6. The largest absolute Gasteiger partial charge is 0.343 e. The summed E-state index contributed by atoms with van der Waals surface area (Å²) in [6.07, 6.45) is 5.18. The topological polar surface area (TPSA) is 70.1 Å². The van der Waals surface area contributed by atoms with Crippen molar-refractivity contribution < 1.29 is 13.2 Å². The summed E-state index contributed by atoms with van der Waals surface area (Å²) < 4.78 is 25.7. The van der Waals surface area contributed by atoms with Crippen molar-refractivity contribution in [2.75, 3.05) is 31.9 Å². The van der Waals surface area contributed by atoms with Gasteiger partial charge in [-0.15, -0.1) is 0 Å². The molecule has 3 aliphatic rings. The van der Waals surface area contributed by atoms with Crippen LogP contribution in [0, 0.1) is 5.92 Å². The van der Waals surface area contributed by atoms with E-state index in [1.165, 1.54) is 4.91 Å². The monoisotopic (exact) mass is 503 g/mol. The smallest absolute Gasteiger partial charge is 0.223 e. The number of likely N-dealkylation sites (tertiary alicyclic amines) is 1. The maximum atomic E-state index is 12.8. The van der Waals surface area contributed by atoms with Crippen molar-refractivity contribution in [2.45, 2.75) is 30.6 Å². The van der Waals surface area contributed by atoms with Crippen LogP contribution in [0.2, 0.25) is 5.02 Å². The summed E-state index contributed by atoms with van der Waals surface area (Å²) in [6, 6.07) is 10.4. The molecule has 6 nitrogen and oxygen atoms in total. The Hall–Kier alpha value is -2.03. The Morgan fingerprint density at radius 2 is 1.85 bits per heavy atom. The van der Waals surface area contributed by atoms with Crippen molar-refractivity contribution >= 4 is 55.0 Å². The average molecular weight is 504 g/mol. The Kier molecular flexibility index (Phi) is 6.42. The molecule has 1 fully saturated rings. The number of benzene rings is 2. The van der Waals surface area contributed by atoms with Gasteiger partial charge in [-0.1, -0.05) is 35.5 Å². The summed E-state index contributed by atoms with van der Waals surface area (Å²) in [5, 5.41) is 3.44. The number of amides is 1. The fourth-order valence-corrected chi connectivity index (χ4v) is 7.21. The summed E-state index contributed by atoms with van der Waals surface area (Å²) in [6.45, 7) is 3.26. The van der Waals surface area contributed by atoms with E-state index in [2.05, 4.69) is 16.1 Å². The lowest BCUT2D eigenvalue weighted by atomic mass is 9.93. The molecule has 1 amide bonds. The summed E-state index contributed by atoms with van der Waals surface area (Å²) in [5.41, 5.74) is 0. The van der Waals surface area contributed by atoms with Crippen LogP contribution in [0.1, 0.15) is 25.7 Å². The highest BCUT2D eigenvalue weighted by Crippen LogP contribution is 2.37. The third kappa shape index (κ3) is 5.08. The highest BCUT2D eigenvalue weighted by Gasteiger charge is 2.29. The van der Waals surface area contributed by atoms with Crippen molar-refractivity contribution in [2.24, 2.45) is 10.9 Å². The van der Waals surface area contributed by atoms with Crippen LogP contribution in [0.15, 0.2) is 57.4 Å². The maximum Gasteiger partial charge on any atom is 0.223 e. The average Bonchev–Trinajstić information content (AvgIpc) is 3.39. The standard InChI is InChI=1S/C24H26ClN3O3S2/c25-20-3-1-19-15-22(4-2-18(19)14-20)33(30,31)12-7-23(29)27-9-5-17(6-10-27)13-21-16-28-11-8-26-24(28)32-21/h1-4,14-17H,5-13H2. The molecule has 2 aromatic carbocycles. The molecule has 0 radical (unpaired) electrons. The van der Waals surface area contributed by atoms with Crippen LogP contribution in [0.25, 0.3) is 10.8 Å². The van der Waals surface area contributed by atoms with E-state index >= 15 is 0 Å². The number of piperidine rings is 1. The predicted molar refractivity (Wildman–Crippen MR) is 134 cm³/mol. The molecule has 0 aliphatic carbocycles. The van der Waals surface area contributed by atoms with Crippen molar-refractivity contribution in [1.82, 2.24) is 9.80 Å². The molecule has 0 saturated carbocycles. The van der Waals surface area contributed by atoms with Gasteiger partial charge in [0.05, 0.1) is 17.2 Å². The molecule has 0 aromatic heterocycles. The fraction of sp³-hybridized carbons (Fsp3) is 0.417. The lowest BCUT2D eigenvalue weighted by Gasteiger charge is -2.32. The Bertz CT molecular complexity index is 1250. The highest BCUT2D eigenvalue weighted by molar-refractivity contribution is 8.17. The molecule has 0 atom stereocenters. The Morgan fingerprint density at radius 3 is 2.64 bits per heavy atom. The first-order chi connectivity index (χ1) is 15.9. The molecule has 0 N–H and O–H groups in total. The van der Waals surface area contributed by atoms with E-state index in [-0.39, 0.29) is 23.0 Å². The fourth-order valence-electron chi connectivity index (χ4n) is 4.62. The molecular weight excluding hydrogens is 478 g/mol. The molecule has 0 spiro atoms. The lowest BCUT2D eigenvalue weighted by molar-refractivity contribution is -0.132. The second kappa shape index (κ2) is 9.31. The van der Waals surface area contributed by atoms with E-state index in [0.29, 0.717) is 24.0 Å². The highest BCUT2D eigenvalue weighted by atomic mass is 35.5. The number of rotatable bonds is 6. The molecule has 9 heteroatoms. The zero-order valence-electron chi connectivity index (χ0n) is 18.2. The van der Waals surface area contributed by atoms with Crippen molar-refractivity contribution in [3.63, 3.8) is 0 Å². The summed E-state index contributed by atoms with van der Waals surface area (Å²) in [5.74, 6) is 0.309. The van der Waals surface area contributed by atoms with E-state index < -0.39 is 9.84 Å². The minimum Gasteiger partial charge on any atom is -0.343 e. The van der Waals surface area contributed by atoms with Crippen LogP contribution in [0.4, 0.5) is 0 Å². The number of aliphatic imine (C=N–C) groups is 1. The summed E-state index contributed by atoms with van der Waals surface area (Å²) in [4.78, 5) is 22.9. The number of sulfone groups is 1. The number of allylic oxidation sites excluding steroid dienone is 1. The first-order valence-electron chi connectivity index (χ1n) is 11.3. The minimum atomic E-state index is -3.54. The third-order valence-corrected chi connectivity index (χ3v) is 9.56. The van der Waals surface area contributed by atoms with Crippen LogP contribution in [-0.2, 0) is 14.6 Å². The van der Waals surface area contributed by atoms with Gasteiger partial charge in [0.15, 0.2) is 15.0 Å². The third-order valence-electron chi connectivity index (χ3n) is 6.53. The van der Waals surface area contributed by atoms with E-state index in [1.54, 1.807) is 42.1 Å². The molecule has 5 rings (SSSR count). The minimum absolute atomic E-state index is 0.0153.